The molecule has 6 nitrogen and oxygen atoms in total. The van der Waals surface area contributed by atoms with Gasteiger partial charge < -0.3 is 15.0 Å². The highest BCUT2D eigenvalue weighted by molar-refractivity contribution is 5.82. The number of benzene rings is 1. The average Bonchev–Trinajstić information content (AvgIpc) is 2.57. The standard InChI is InChI=1S/C17H17F3N2O4/c1-11(23)22-7-6-12-4-2-3-5-13(12)14(22)8-16(25)26-9-15(24)21-10-17(18,19)20/h2-7,14H,8-10H2,1H3,(H,21,24)/t14-/m0/s1. The van der Waals surface area contributed by atoms with Crippen LogP contribution < -0.4 is 5.32 Å². The Balaban J connectivity index is 1.97. The molecule has 1 aromatic rings. The molecule has 0 unspecified atom stereocenters. The molecule has 0 saturated heterocycles. The number of carbonyl (C=O) groups excluding carboxylic acids is 3. The third kappa shape index (κ3) is 5.33. The van der Waals surface area contributed by atoms with E-state index in [1.54, 1.807) is 29.7 Å². The minimum absolute atomic E-state index is 0.229. The smallest absolute Gasteiger partial charge is 0.405 e. The summed E-state index contributed by atoms with van der Waals surface area (Å²) in [5, 5.41) is 1.61. The number of hydrogen-bond donors (Lipinski definition) is 1. The molecule has 0 aromatic heterocycles. The maximum absolute atomic E-state index is 12.0. The number of fused-ring (bicyclic) bond motifs is 1. The highest BCUT2D eigenvalue weighted by Gasteiger charge is 2.30. The van der Waals surface area contributed by atoms with Crippen LogP contribution in [0.4, 0.5) is 13.2 Å². The first-order valence-electron chi connectivity index (χ1n) is 7.72. The number of amides is 2. The highest BCUT2D eigenvalue weighted by Crippen LogP contribution is 2.33. The summed E-state index contributed by atoms with van der Waals surface area (Å²) < 4.78 is 40.8. The van der Waals surface area contributed by atoms with Crippen LogP contribution in [0.3, 0.4) is 0 Å². The van der Waals surface area contributed by atoms with Gasteiger partial charge in [-0.15, -0.1) is 0 Å². The summed E-state index contributed by atoms with van der Waals surface area (Å²) in [5.41, 5.74) is 1.58. The normalized spacial score (nSPS) is 16.0. The van der Waals surface area contributed by atoms with Gasteiger partial charge in [-0.1, -0.05) is 24.3 Å². The lowest BCUT2D eigenvalue weighted by Gasteiger charge is -2.32. The number of nitrogens with zero attached hydrogens (tertiary/aromatic N) is 1. The summed E-state index contributed by atoms with van der Waals surface area (Å²) in [7, 11) is 0. The second kappa shape index (κ2) is 8.03. The molecule has 1 aliphatic heterocycles. The molecular formula is C17H17F3N2O4. The number of halogens is 3. The van der Waals surface area contributed by atoms with Crippen LogP contribution in [0.5, 0.6) is 0 Å². The van der Waals surface area contributed by atoms with E-state index in [2.05, 4.69) is 0 Å². The van der Waals surface area contributed by atoms with Crippen LogP contribution in [0.2, 0.25) is 0 Å². The van der Waals surface area contributed by atoms with Crippen LogP contribution in [0.25, 0.3) is 6.08 Å². The van der Waals surface area contributed by atoms with Crippen LogP contribution in [0, 0.1) is 0 Å². The Morgan fingerprint density at radius 3 is 2.58 bits per heavy atom. The molecule has 0 saturated carbocycles. The number of nitrogens with one attached hydrogen (secondary N) is 1. The zero-order valence-corrected chi connectivity index (χ0v) is 13.9. The predicted octanol–water partition coefficient (Wildman–Crippen LogP) is 2.17. The highest BCUT2D eigenvalue weighted by atomic mass is 19.4. The molecule has 0 spiro atoms. The molecule has 1 atom stereocenters. The number of esters is 1. The van der Waals surface area contributed by atoms with Gasteiger partial charge >= 0.3 is 12.1 Å². The summed E-state index contributed by atoms with van der Waals surface area (Å²) in [6.07, 6.45) is -1.48. The van der Waals surface area contributed by atoms with Crippen LogP contribution in [0.1, 0.15) is 30.5 Å². The Kier molecular flexibility index (Phi) is 6.01. The fourth-order valence-corrected chi connectivity index (χ4v) is 2.53. The topological polar surface area (TPSA) is 75.7 Å². The second-order valence-electron chi connectivity index (χ2n) is 5.64. The Hall–Kier alpha value is -2.84. The molecule has 1 aliphatic rings. The van der Waals surface area contributed by atoms with Crippen molar-refractivity contribution in [3.8, 4) is 0 Å². The van der Waals surface area contributed by atoms with Crippen molar-refractivity contribution in [1.82, 2.24) is 10.2 Å². The monoisotopic (exact) mass is 370 g/mol. The van der Waals surface area contributed by atoms with Crippen molar-refractivity contribution in [3.63, 3.8) is 0 Å². The SMILES string of the molecule is CC(=O)N1C=Cc2ccccc2[C@@H]1CC(=O)OCC(=O)NCC(F)(F)F. The van der Waals surface area contributed by atoms with E-state index in [1.165, 1.54) is 11.8 Å². The van der Waals surface area contributed by atoms with Crippen LogP contribution >= 0.6 is 0 Å². The molecular weight excluding hydrogens is 353 g/mol. The van der Waals surface area contributed by atoms with Crippen LogP contribution in [-0.4, -0.2) is 42.0 Å². The molecule has 9 heteroatoms. The first-order valence-corrected chi connectivity index (χ1v) is 7.72. The van der Waals surface area contributed by atoms with Gasteiger partial charge in [-0.3, -0.25) is 14.4 Å². The van der Waals surface area contributed by atoms with E-state index in [4.69, 9.17) is 4.74 Å². The van der Waals surface area contributed by atoms with Crippen LogP contribution in [-0.2, 0) is 19.1 Å². The van der Waals surface area contributed by atoms with Gasteiger partial charge in [0.25, 0.3) is 5.91 Å². The Morgan fingerprint density at radius 1 is 1.23 bits per heavy atom. The summed E-state index contributed by atoms with van der Waals surface area (Å²) in [6.45, 7) is -0.970. The van der Waals surface area contributed by atoms with Gasteiger partial charge in [-0.2, -0.15) is 13.2 Å². The van der Waals surface area contributed by atoms with E-state index >= 15 is 0 Å². The van der Waals surface area contributed by atoms with Crippen molar-refractivity contribution in [2.24, 2.45) is 0 Å². The molecule has 0 fully saturated rings. The molecule has 140 valence electrons. The fourth-order valence-electron chi connectivity index (χ4n) is 2.53. The first-order chi connectivity index (χ1) is 12.2. The second-order valence-corrected chi connectivity index (χ2v) is 5.64. The number of hydrogen-bond acceptors (Lipinski definition) is 4. The lowest BCUT2D eigenvalue weighted by Crippen LogP contribution is -2.37. The number of alkyl halides is 3. The lowest BCUT2D eigenvalue weighted by molar-refractivity contribution is -0.152. The van der Waals surface area contributed by atoms with Gasteiger partial charge in [-0.05, 0) is 17.2 Å². The summed E-state index contributed by atoms with van der Waals surface area (Å²) >= 11 is 0. The van der Waals surface area contributed by atoms with E-state index in [0.717, 1.165) is 11.1 Å². The van der Waals surface area contributed by atoms with Crippen molar-refractivity contribution in [3.05, 3.63) is 41.6 Å². The maximum atomic E-state index is 12.0. The summed E-state index contributed by atoms with van der Waals surface area (Å²) in [4.78, 5) is 36.5. The Labute approximate surface area is 147 Å². The molecule has 26 heavy (non-hydrogen) atoms. The van der Waals surface area contributed by atoms with Crippen LogP contribution in [0.15, 0.2) is 30.5 Å². The molecule has 2 amide bonds. The number of ether oxygens (including phenoxy) is 1. The van der Waals surface area contributed by atoms with Gasteiger partial charge in [0, 0.05) is 13.1 Å². The van der Waals surface area contributed by atoms with Gasteiger partial charge in [0.1, 0.15) is 6.54 Å². The van der Waals surface area contributed by atoms with E-state index in [-0.39, 0.29) is 12.3 Å². The predicted molar refractivity (Wildman–Crippen MR) is 85.4 cm³/mol. The third-order valence-electron chi connectivity index (χ3n) is 3.68. The Bertz CT molecular complexity index is 731. The van der Waals surface area contributed by atoms with Gasteiger partial charge in [0.05, 0.1) is 12.5 Å². The maximum Gasteiger partial charge on any atom is 0.405 e. The van der Waals surface area contributed by atoms with Crippen molar-refractivity contribution in [2.75, 3.05) is 13.2 Å². The Morgan fingerprint density at radius 2 is 1.92 bits per heavy atom. The van der Waals surface area contributed by atoms with Crippen molar-refractivity contribution < 1.29 is 32.3 Å². The van der Waals surface area contributed by atoms with E-state index < -0.39 is 37.2 Å². The van der Waals surface area contributed by atoms with Gasteiger partial charge in [0.2, 0.25) is 5.91 Å². The molecule has 0 aliphatic carbocycles. The quantitative estimate of drug-likeness (QED) is 0.806. The van der Waals surface area contributed by atoms with Gasteiger partial charge in [0.15, 0.2) is 6.61 Å². The molecule has 1 N–H and O–H groups in total. The number of rotatable bonds is 5. The van der Waals surface area contributed by atoms with Crippen molar-refractivity contribution >= 4 is 23.9 Å². The average molecular weight is 370 g/mol. The van der Waals surface area contributed by atoms with Crippen molar-refractivity contribution in [2.45, 2.75) is 25.6 Å². The first kappa shape index (κ1) is 19.5. The molecule has 1 heterocycles. The minimum atomic E-state index is -4.54. The van der Waals surface area contributed by atoms with E-state index in [1.807, 2.05) is 12.1 Å². The summed E-state index contributed by atoms with van der Waals surface area (Å²) in [5.74, 6) is -2.13. The fraction of sp³-hybridized carbons (Fsp3) is 0.353. The number of carbonyl (C=O) groups is 3. The zero-order chi connectivity index (χ0) is 19.3. The van der Waals surface area contributed by atoms with Crippen molar-refractivity contribution in [1.29, 1.82) is 0 Å². The summed E-state index contributed by atoms with van der Waals surface area (Å²) in [6, 6.07) is 6.56. The molecule has 0 bridgehead atoms. The zero-order valence-electron chi connectivity index (χ0n) is 13.9. The molecule has 0 radical (unpaired) electrons. The largest absolute Gasteiger partial charge is 0.456 e. The molecule has 1 aromatic carbocycles. The minimum Gasteiger partial charge on any atom is -0.456 e. The van der Waals surface area contributed by atoms with E-state index in [0.29, 0.717) is 0 Å². The van der Waals surface area contributed by atoms with Gasteiger partial charge in [-0.25, -0.2) is 0 Å². The van der Waals surface area contributed by atoms with E-state index in [9.17, 15) is 27.6 Å². The third-order valence-corrected chi connectivity index (χ3v) is 3.68. The lowest BCUT2D eigenvalue weighted by atomic mass is 9.94. The molecule has 2 rings (SSSR count).